The van der Waals surface area contributed by atoms with E-state index in [1.165, 1.54) is 0 Å². The zero-order valence-corrected chi connectivity index (χ0v) is 19.9. The monoisotopic (exact) mass is 414 g/mol. The van der Waals surface area contributed by atoms with Crippen molar-refractivity contribution < 1.29 is 23.9 Å². The Hall–Kier alpha value is -2.05. The summed E-state index contributed by atoms with van der Waals surface area (Å²) in [5, 5.41) is 5.12. The normalized spacial score (nSPS) is 13.1. The van der Waals surface area contributed by atoms with E-state index >= 15 is 0 Å². The molecular weight excluding hydrogens is 372 g/mol. The van der Waals surface area contributed by atoms with E-state index in [-0.39, 0.29) is 43.1 Å². The molecule has 0 saturated carbocycles. The number of hydrogen-bond donors (Lipinski definition) is 2. The molecule has 0 spiro atoms. The second-order valence-electron chi connectivity index (χ2n) is 9.01. The zero-order valence-electron chi connectivity index (χ0n) is 19.9. The highest BCUT2D eigenvalue weighted by molar-refractivity contribution is 5.81. The van der Waals surface area contributed by atoms with E-state index < -0.39 is 17.4 Å². The number of amides is 2. The summed E-state index contributed by atoms with van der Waals surface area (Å²) in [6.45, 7) is 22.1. The van der Waals surface area contributed by atoms with Gasteiger partial charge in [0, 0.05) is 6.08 Å². The maximum atomic E-state index is 12.7. The largest absolute Gasteiger partial charge is 0.463 e. The average Bonchev–Trinajstić information content (AvgIpc) is 2.61. The predicted octanol–water partition coefficient (Wildman–Crippen LogP) is 4.07. The fraction of sp³-hybridized carbons (Fsp3) is 0.773. The summed E-state index contributed by atoms with van der Waals surface area (Å²) in [7, 11) is 0. The molecule has 170 valence electrons. The maximum absolute atomic E-state index is 12.7. The number of nitrogens with one attached hydrogen (secondary N) is 2. The number of urea groups is 1. The zero-order chi connectivity index (χ0) is 23.3. The van der Waals surface area contributed by atoms with Crippen LogP contribution in [0.1, 0.15) is 68.7 Å². The van der Waals surface area contributed by atoms with E-state index in [0.29, 0.717) is 6.42 Å². The molecular formula is C22H42N2O5. The van der Waals surface area contributed by atoms with Gasteiger partial charge in [-0.1, -0.05) is 62.0 Å². The van der Waals surface area contributed by atoms with E-state index in [4.69, 9.17) is 9.47 Å². The summed E-state index contributed by atoms with van der Waals surface area (Å²) in [6.07, 6.45) is 1.75. The minimum absolute atomic E-state index is 0.0196. The van der Waals surface area contributed by atoms with Crippen LogP contribution in [0.15, 0.2) is 12.7 Å². The Morgan fingerprint density at radius 2 is 1.31 bits per heavy atom. The topological polar surface area (TPSA) is 93.7 Å². The van der Waals surface area contributed by atoms with Crippen molar-refractivity contribution in [1.82, 2.24) is 10.6 Å². The highest BCUT2D eigenvalue weighted by atomic mass is 16.5. The van der Waals surface area contributed by atoms with Crippen LogP contribution in [-0.2, 0) is 19.1 Å². The van der Waals surface area contributed by atoms with Crippen LogP contribution in [0.2, 0.25) is 0 Å². The van der Waals surface area contributed by atoms with Gasteiger partial charge in [-0.15, -0.1) is 0 Å². The van der Waals surface area contributed by atoms with Crippen molar-refractivity contribution >= 4 is 18.0 Å². The molecule has 0 radical (unpaired) electrons. The molecule has 7 heteroatoms. The van der Waals surface area contributed by atoms with Gasteiger partial charge in [0.15, 0.2) is 0 Å². The van der Waals surface area contributed by atoms with E-state index in [9.17, 15) is 14.4 Å². The van der Waals surface area contributed by atoms with Gasteiger partial charge in [0.25, 0.3) is 0 Å². The molecule has 29 heavy (non-hydrogen) atoms. The number of carbonyl (C=O) groups is 3. The van der Waals surface area contributed by atoms with E-state index in [0.717, 1.165) is 6.08 Å². The smallest absolute Gasteiger partial charge is 0.330 e. The molecule has 0 rings (SSSR count). The Labute approximate surface area is 177 Å². The molecule has 0 aromatic rings. The van der Waals surface area contributed by atoms with Gasteiger partial charge in [-0.25, -0.2) is 9.59 Å². The van der Waals surface area contributed by atoms with Crippen molar-refractivity contribution in [2.24, 2.45) is 16.2 Å². The van der Waals surface area contributed by atoms with Crippen LogP contribution in [0, 0.1) is 16.2 Å². The second-order valence-corrected chi connectivity index (χ2v) is 9.01. The van der Waals surface area contributed by atoms with Crippen molar-refractivity contribution in [1.29, 1.82) is 0 Å². The molecule has 1 atom stereocenters. The standard InChI is InChI=1S/C20H36N2O5.C2H6/c1-9-15(23)26-12-10-21-17(25)22-11-13-27-16(24)20(8,19(5,6)7)14-18(2,3)4;1-2/h9H,1,10-14H2,2-8H3,(H2,21,22,25);1-2H3. The molecule has 0 heterocycles. The van der Waals surface area contributed by atoms with Crippen LogP contribution < -0.4 is 10.6 Å². The van der Waals surface area contributed by atoms with Crippen LogP contribution in [0.3, 0.4) is 0 Å². The van der Waals surface area contributed by atoms with Crippen LogP contribution in [0.5, 0.6) is 0 Å². The van der Waals surface area contributed by atoms with Gasteiger partial charge < -0.3 is 20.1 Å². The molecule has 0 aliphatic rings. The van der Waals surface area contributed by atoms with E-state index in [2.05, 4.69) is 38.0 Å². The van der Waals surface area contributed by atoms with Crippen molar-refractivity contribution in [2.45, 2.75) is 68.7 Å². The first-order valence-corrected chi connectivity index (χ1v) is 10.2. The molecule has 0 saturated heterocycles. The van der Waals surface area contributed by atoms with Crippen molar-refractivity contribution in [3.63, 3.8) is 0 Å². The third kappa shape index (κ3) is 12.2. The summed E-state index contributed by atoms with van der Waals surface area (Å²) < 4.78 is 10.2. The first kappa shape index (κ1) is 29.2. The Morgan fingerprint density at radius 1 is 0.862 bits per heavy atom. The third-order valence-electron chi connectivity index (χ3n) is 4.41. The van der Waals surface area contributed by atoms with Crippen LogP contribution >= 0.6 is 0 Å². The SMILES string of the molecule is C=CC(=O)OCCNC(=O)NCCOC(=O)C(C)(CC(C)(C)C)C(C)(C)C.CC. The number of carbonyl (C=O) groups excluding carboxylic acids is 3. The molecule has 0 fully saturated rings. The summed E-state index contributed by atoms with van der Waals surface area (Å²) in [4.78, 5) is 35.2. The highest BCUT2D eigenvalue weighted by Gasteiger charge is 2.47. The molecule has 0 aromatic carbocycles. The fourth-order valence-corrected chi connectivity index (χ4v) is 2.61. The van der Waals surface area contributed by atoms with E-state index in [1.807, 2.05) is 41.5 Å². The lowest BCUT2D eigenvalue weighted by Crippen LogP contribution is -2.45. The van der Waals surface area contributed by atoms with Crippen LogP contribution in [0.4, 0.5) is 4.79 Å². The first-order chi connectivity index (χ1) is 13.2. The highest BCUT2D eigenvalue weighted by Crippen LogP contribution is 2.47. The molecule has 2 N–H and O–H groups in total. The van der Waals surface area contributed by atoms with Gasteiger partial charge in [0.1, 0.15) is 13.2 Å². The second kappa shape index (κ2) is 13.2. The van der Waals surface area contributed by atoms with Crippen molar-refractivity contribution in [3.05, 3.63) is 12.7 Å². The predicted molar refractivity (Wildman–Crippen MR) is 116 cm³/mol. The van der Waals surface area contributed by atoms with Crippen molar-refractivity contribution in [3.8, 4) is 0 Å². The Kier molecular flexibility index (Phi) is 13.3. The van der Waals surface area contributed by atoms with Crippen LogP contribution in [0.25, 0.3) is 0 Å². The van der Waals surface area contributed by atoms with Gasteiger partial charge in [-0.3, -0.25) is 4.79 Å². The Morgan fingerprint density at radius 3 is 1.69 bits per heavy atom. The van der Waals surface area contributed by atoms with Gasteiger partial charge in [-0.2, -0.15) is 0 Å². The molecule has 7 nitrogen and oxygen atoms in total. The summed E-state index contributed by atoms with van der Waals surface area (Å²) >= 11 is 0. The number of ether oxygens (including phenoxy) is 2. The Bertz CT molecular complexity index is 532. The minimum Gasteiger partial charge on any atom is -0.463 e. The molecule has 1 unspecified atom stereocenters. The lowest BCUT2D eigenvalue weighted by Gasteiger charge is -2.43. The summed E-state index contributed by atoms with van der Waals surface area (Å²) in [5.74, 6) is -0.801. The average molecular weight is 415 g/mol. The van der Waals surface area contributed by atoms with Gasteiger partial charge >= 0.3 is 18.0 Å². The molecule has 0 bridgehead atoms. The molecule has 0 aliphatic heterocycles. The summed E-state index contributed by atoms with van der Waals surface area (Å²) in [5.41, 5.74) is -0.915. The lowest BCUT2D eigenvalue weighted by atomic mass is 9.61. The molecule has 0 aromatic heterocycles. The van der Waals surface area contributed by atoms with Gasteiger partial charge in [0.05, 0.1) is 18.5 Å². The third-order valence-corrected chi connectivity index (χ3v) is 4.41. The van der Waals surface area contributed by atoms with E-state index in [1.54, 1.807) is 0 Å². The lowest BCUT2D eigenvalue weighted by molar-refractivity contribution is -0.164. The quantitative estimate of drug-likeness (QED) is 0.337. The minimum atomic E-state index is -0.636. The van der Waals surface area contributed by atoms with Gasteiger partial charge in [-0.05, 0) is 24.2 Å². The number of hydrogen-bond acceptors (Lipinski definition) is 5. The van der Waals surface area contributed by atoms with Crippen LogP contribution in [-0.4, -0.2) is 44.3 Å². The van der Waals surface area contributed by atoms with Gasteiger partial charge in [0.2, 0.25) is 0 Å². The summed E-state index contributed by atoms with van der Waals surface area (Å²) in [6, 6.07) is -0.422. The Balaban J connectivity index is 0. The fourth-order valence-electron chi connectivity index (χ4n) is 2.61. The number of rotatable bonds is 9. The molecule has 0 aliphatic carbocycles. The van der Waals surface area contributed by atoms with Crippen molar-refractivity contribution in [2.75, 3.05) is 26.3 Å². The number of esters is 2. The molecule has 2 amide bonds. The maximum Gasteiger partial charge on any atom is 0.330 e. The first-order valence-electron chi connectivity index (χ1n) is 10.2.